The maximum Gasteiger partial charge on any atom is 0.289 e. The number of carbonyl (C=O) groups is 1. The van der Waals surface area contributed by atoms with E-state index in [1.165, 1.54) is 15.6 Å². The van der Waals surface area contributed by atoms with Crippen molar-refractivity contribution in [2.45, 2.75) is 4.21 Å². The van der Waals surface area contributed by atoms with E-state index in [1.807, 2.05) is 12.1 Å². The summed E-state index contributed by atoms with van der Waals surface area (Å²) in [5.41, 5.74) is 0.829. The molecule has 0 radical (unpaired) electrons. The highest BCUT2D eigenvalue weighted by atomic mass is 35.5. The van der Waals surface area contributed by atoms with Gasteiger partial charge in [0.1, 0.15) is 9.97 Å². The van der Waals surface area contributed by atoms with Gasteiger partial charge in [-0.3, -0.25) is 4.79 Å². The Morgan fingerprint density at radius 2 is 1.71 bits per heavy atom. The molecule has 0 bridgehead atoms. The third-order valence-electron chi connectivity index (χ3n) is 4.56. The van der Waals surface area contributed by atoms with E-state index < -0.39 is 10.0 Å². The van der Waals surface area contributed by atoms with Gasteiger partial charge in [0.25, 0.3) is 15.9 Å². The molecule has 1 amide bonds. The van der Waals surface area contributed by atoms with E-state index in [-0.39, 0.29) is 24.8 Å². The Hall–Kier alpha value is -2.13. The van der Waals surface area contributed by atoms with Gasteiger partial charge in [0, 0.05) is 36.8 Å². The fourth-order valence-corrected chi connectivity index (χ4v) is 5.74. The summed E-state index contributed by atoms with van der Waals surface area (Å²) < 4.78 is 32.6. The van der Waals surface area contributed by atoms with Crippen molar-refractivity contribution in [1.29, 1.82) is 0 Å². The average molecular weight is 437 g/mol. The number of rotatable bonds is 4. The van der Waals surface area contributed by atoms with Gasteiger partial charge >= 0.3 is 0 Å². The number of halogens is 1. The summed E-state index contributed by atoms with van der Waals surface area (Å²) in [7, 11) is -3.49. The van der Waals surface area contributed by atoms with Crippen LogP contribution in [0, 0.1) is 0 Å². The molecule has 1 saturated heterocycles. The first kappa shape index (κ1) is 19.2. The molecule has 4 rings (SSSR count). The lowest BCUT2D eigenvalue weighted by Crippen LogP contribution is -2.50. The topological polar surface area (TPSA) is 70.8 Å². The highest BCUT2D eigenvalue weighted by Gasteiger charge is 2.31. The molecule has 0 atom stereocenters. The minimum Gasteiger partial charge on any atom is -0.451 e. The molecule has 0 N–H and O–H groups in total. The lowest BCUT2D eigenvalue weighted by Gasteiger charge is -2.33. The summed E-state index contributed by atoms with van der Waals surface area (Å²) in [5.74, 6) is 0.576. The number of benzene rings is 1. The Balaban J connectivity index is 1.43. The average Bonchev–Trinajstić information content (AvgIpc) is 3.41. The SMILES string of the molecule is O=C(c1ccc(-c2ccc(Cl)cc2)o1)N1CCN(S(=O)(=O)c2cccs2)CC1. The molecule has 3 heterocycles. The van der Waals surface area contributed by atoms with Crippen LogP contribution in [0.25, 0.3) is 11.3 Å². The van der Waals surface area contributed by atoms with Crippen molar-refractivity contribution in [1.82, 2.24) is 9.21 Å². The number of sulfonamides is 1. The summed E-state index contributed by atoms with van der Waals surface area (Å²) in [6.45, 7) is 1.16. The second-order valence-electron chi connectivity index (χ2n) is 6.30. The summed E-state index contributed by atoms with van der Waals surface area (Å²) in [4.78, 5) is 14.3. The maximum absolute atomic E-state index is 12.7. The summed E-state index contributed by atoms with van der Waals surface area (Å²) in [5, 5.41) is 2.36. The molecule has 3 aromatic rings. The first-order chi connectivity index (χ1) is 13.4. The fourth-order valence-electron chi connectivity index (χ4n) is 3.05. The van der Waals surface area contributed by atoms with Crippen molar-refractivity contribution in [3.63, 3.8) is 0 Å². The van der Waals surface area contributed by atoms with Crippen LogP contribution in [0.3, 0.4) is 0 Å². The molecule has 1 fully saturated rings. The van der Waals surface area contributed by atoms with Gasteiger partial charge in [-0.25, -0.2) is 8.42 Å². The second-order valence-corrected chi connectivity index (χ2v) is 9.85. The predicted molar refractivity (Wildman–Crippen MR) is 108 cm³/mol. The Labute approximate surface area is 172 Å². The number of nitrogens with zero attached hydrogens (tertiary/aromatic N) is 2. The van der Waals surface area contributed by atoms with Crippen molar-refractivity contribution in [2.24, 2.45) is 0 Å². The molecule has 0 aliphatic carbocycles. The summed E-state index contributed by atoms with van der Waals surface area (Å²) >= 11 is 7.09. The third-order valence-corrected chi connectivity index (χ3v) is 8.08. The number of hydrogen-bond donors (Lipinski definition) is 0. The van der Waals surface area contributed by atoms with Crippen molar-refractivity contribution >= 4 is 38.9 Å². The monoisotopic (exact) mass is 436 g/mol. The molecular formula is C19H17ClN2O4S2. The molecule has 1 aliphatic heterocycles. The molecule has 0 unspecified atom stereocenters. The number of carbonyl (C=O) groups excluding carboxylic acids is 1. The van der Waals surface area contributed by atoms with E-state index in [4.69, 9.17) is 16.0 Å². The van der Waals surface area contributed by atoms with E-state index in [0.29, 0.717) is 28.1 Å². The van der Waals surface area contributed by atoms with Crippen LogP contribution in [0.2, 0.25) is 5.02 Å². The van der Waals surface area contributed by atoms with Crippen LogP contribution in [0.15, 0.2) is 62.5 Å². The van der Waals surface area contributed by atoms with Gasteiger partial charge in [-0.05, 0) is 47.8 Å². The van der Waals surface area contributed by atoms with Crippen LogP contribution in [-0.4, -0.2) is 49.7 Å². The third kappa shape index (κ3) is 3.73. The minimum atomic E-state index is -3.49. The van der Waals surface area contributed by atoms with Gasteiger partial charge in [0.2, 0.25) is 0 Å². The van der Waals surface area contributed by atoms with Gasteiger partial charge in [-0.2, -0.15) is 4.31 Å². The minimum absolute atomic E-state index is 0.236. The van der Waals surface area contributed by atoms with Crippen molar-refractivity contribution in [2.75, 3.05) is 26.2 Å². The van der Waals surface area contributed by atoms with Gasteiger partial charge in [-0.15, -0.1) is 11.3 Å². The largest absolute Gasteiger partial charge is 0.451 e. The van der Waals surface area contributed by atoms with Gasteiger partial charge in [-0.1, -0.05) is 17.7 Å². The van der Waals surface area contributed by atoms with Gasteiger partial charge in [0.05, 0.1) is 0 Å². The highest BCUT2D eigenvalue weighted by Crippen LogP contribution is 2.26. The molecule has 146 valence electrons. The molecule has 9 heteroatoms. The number of amides is 1. The second kappa shape index (κ2) is 7.71. The van der Waals surface area contributed by atoms with E-state index in [0.717, 1.165) is 5.56 Å². The number of thiophene rings is 1. The molecule has 0 saturated carbocycles. The molecule has 6 nitrogen and oxygen atoms in total. The van der Waals surface area contributed by atoms with Crippen LogP contribution >= 0.6 is 22.9 Å². The Morgan fingerprint density at radius 1 is 1.00 bits per heavy atom. The molecule has 1 aromatic carbocycles. The standard InChI is InChI=1S/C19H17ClN2O4S2/c20-15-5-3-14(4-6-15)16-7-8-17(26-16)19(23)21-9-11-22(12-10-21)28(24,25)18-2-1-13-27-18/h1-8,13H,9-12H2. The fraction of sp³-hybridized carbons (Fsp3) is 0.211. The lowest BCUT2D eigenvalue weighted by molar-refractivity contribution is 0.0667. The van der Waals surface area contributed by atoms with E-state index in [2.05, 4.69) is 0 Å². The summed E-state index contributed by atoms with van der Waals surface area (Å²) in [6, 6.07) is 13.9. The Kier molecular flexibility index (Phi) is 5.29. The Bertz CT molecular complexity index is 1070. The zero-order chi connectivity index (χ0) is 19.7. The molecule has 0 spiro atoms. The summed E-state index contributed by atoms with van der Waals surface area (Å²) in [6.07, 6.45) is 0. The number of furan rings is 1. The quantitative estimate of drug-likeness (QED) is 0.623. The van der Waals surface area contributed by atoms with Gasteiger partial charge < -0.3 is 9.32 Å². The lowest BCUT2D eigenvalue weighted by atomic mass is 10.2. The zero-order valence-electron chi connectivity index (χ0n) is 14.7. The number of hydrogen-bond acceptors (Lipinski definition) is 5. The Morgan fingerprint density at radius 3 is 2.36 bits per heavy atom. The van der Waals surface area contributed by atoms with Crippen LogP contribution in [0.1, 0.15) is 10.6 Å². The number of piperazine rings is 1. The highest BCUT2D eigenvalue weighted by molar-refractivity contribution is 7.91. The van der Waals surface area contributed by atoms with Crippen LogP contribution in [-0.2, 0) is 10.0 Å². The van der Waals surface area contributed by atoms with Crippen molar-refractivity contribution in [3.05, 3.63) is 64.7 Å². The molecule has 28 heavy (non-hydrogen) atoms. The molecular weight excluding hydrogens is 420 g/mol. The first-order valence-corrected chi connectivity index (χ1v) is 11.3. The van der Waals surface area contributed by atoms with E-state index in [9.17, 15) is 13.2 Å². The van der Waals surface area contributed by atoms with Crippen LogP contribution < -0.4 is 0 Å². The van der Waals surface area contributed by atoms with Crippen molar-refractivity contribution in [3.8, 4) is 11.3 Å². The normalized spacial score (nSPS) is 15.7. The van der Waals surface area contributed by atoms with E-state index in [1.54, 1.807) is 46.7 Å². The molecule has 1 aliphatic rings. The van der Waals surface area contributed by atoms with Crippen LogP contribution in [0.4, 0.5) is 0 Å². The first-order valence-electron chi connectivity index (χ1n) is 8.64. The predicted octanol–water partition coefficient (Wildman–Crippen LogP) is 3.81. The maximum atomic E-state index is 12.7. The van der Waals surface area contributed by atoms with Crippen molar-refractivity contribution < 1.29 is 17.6 Å². The smallest absolute Gasteiger partial charge is 0.289 e. The zero-order valence-corrected chi connectivity index (χ0v) is 17.1. The molecule has 2 aromatic heterocycles. The van der Waals surface area contributed by atoms with Crippen LogP contribution in [0.5, 0.6) is 0 Å². The van der Waals surface area contributed by atoms with Gasteiger partial charge in [0.15, 0.2) is 5.76 Å². The van der Waals surface area contributed by atoms with E-state index >= 15 is 0 Å².